The van der Waals surface area contributed by atoms with E-state index in [2.05, 4.69) is 15.3 Å². The predicted octanol–water partition coefficient (Wildman–Crippen LogP) is 3.16. The van der Waals surface area contributed by atoms with E-state index in [0.717, 1.165) is 12.1 Å². The minimum Gasteiger partial charge on any atom is -0.495 e. The molecular weight excluding hydrogens is 411 g/mol. The number of amides is 1. The van der Waals surface area contributed by atoms with Gasteiger partial charge >= 0.3 is 0 Å². The summed E-state index contributed by atoms with van der Waals surface area (Å²) >= 11 is 0. The second-order valence-corrected chi connectivity index (χ2v) is 6.98. The number of anilines is 1. The molecule has 7 nitrogen and oxygen atoms in total. The Labute approximate surface area is 175 Å². The van der Waals surface area contributed by atoms with Gasteiger partial charge in [-0.05, 0) is 42.5 Å². The summed E-state index contributed by atoms with van der Waals surface area (Å²) in [7, 11) is 1.47. The molecule has 0 fully saturated rings. The van der Waals surface area contributed by atoms with Gasteiger partial charge in [-0.15, -0.1) is 0 Å². The van der Waals surface area contributed by atoms with E-state index in [1.807, 2.05) is 0 Å². The van der Waals surface area contributed by atoms with E-state index in [1.165, 1.54) is 30.0 Å². The summed E-state index contributed by atoms with van der Waals surface area (Å²) in [5, 5.41) is 2.54. The van der Waals surface area contributed by atoms with Gasteiger partial charge in [-0.25, -0.2) is 23.1 Å². The molecule has 3 N–H and O–H groups in total. The number of methoxy groups -OCH3 is 1. The van der Waals surface area contributed by atoms with Crippen LogP contribution in [0.3, 0.4) is 0 Å². The zero-order valence-electron chi connectivity index (χ0n) is 16.3. The Morgan fingerprint density at radius 3 is 2.77 bits per heavy atom. The molecule has 1 aromatic carbocycles. The largest absolute Gasteiger partial charge is 0.495 e. The lowest BCUT2D eigenvalue weighted by molar-refractivity contribution is 0.0387. The molecule has 10 heteroatoms. The number of halogens is 3. The zero-order chi connectivity index (χ0) is 22.2. The Balaban J connectivity index is 1.69. The summed E-state index contributed by atoms with van der Waals surface area (Å²) in [6.45, 7) is -0.304. The van der Waals surface area contributed by atoms with Crippen LogP contribution in [0.5, 0.6) is 5.75 Å². The summed E-state index contributed by atoms with van der Waals surface area (Å²) in [5.74, 6) is -1.12. The third kappa shape index (κ3) is 3.60. The number of rotatable bonds is 5. The first kappa shape index (κ1) is 20.5. The molecule has 3 heterocycles. The maximum absolute atomic E-state index is 14.7. The summed E-state index contributed by atoms with van der Waals surface area (Å²) in [6.07, 6.45) is -0.108. The van der Waals surface area contributed by atoms with Gasteiger partial charge in [0.15, 0.2) is 5.54 Å². The molecule has 4 rings (SSSR count). The van der Waals surface area contributed by atoms with Crippen LogP contribution in [0.4, 0.5) is 18.9 Å². The van der Waals surface area contributed by atoms with Crippen molar-refractivity contribution in [1.29, 1.82) is 0 Å². The first-order valence-corrected chi connectivity index (χ1v) is 9.24. The fourth-order valence-electron chi connectivity index (χ4n) is 3.50. The van der Waals surface area contributed by atoms with Crippen LogP contribution in [0, 0.1) is 5.82 Å². The standard InChI is InChI=1S/C21H18F3N5O2/c1-31-13-5-7-16(26-10-13)19(30)27-12-4-6-15(22)14(9-12)21(20(23)24)11-29-8-2-3-17(29)18(25)28-21/h2-10,20H,11H2,1H3,(H2,25,28)(H,27,30)/t21-/m1/s1. The molecular formula is C21H18F3N5O2. The van der Waals surface area contributed by atoms with Gasteiger partial charge in [-0.3, -0.25) is 4.79 Å². The molecule has 1 atom stereocenters. The van der Waals surface area contributed by atoms with Crippen molar-refractivity contribution >= 4 is 17.4 Å². The molecule has 0 spiro atoms. The highest BCUT2D eigenvalue weighted by atomic mass is 19.3. The summed E-state index contributed by atoms with van der Waals surface area (Å²) < 4.78 is 49.8. The Bertz CT molecular complexity index is 1160. The number of aromatic nitrogens is 2. The maximum atomic E-state index is 14.7. The lowest BCUT2D eigenvalue weighted by Gasteiger charge is -2.34. The lowest BCUT2D eigenvalue weighted by Crippen LogP contribution is -2.44. The SMILES string of the molecule is COc1ccc(C(=O)Nc2ccc(F)c([C@@]3(C(F)F)Cn4cccc4C(N)=N3)c2)nc1. The van der Waals surface area contributed by atoms with Crippen LogP contribution in [0.25, 0.3) is 0 Å². The molecule has 3 aromatic rings. The van der Waals surface area contributed by atoms with Gasteiger partial charge < -0.3 is 20.4 Å². The summed E-state index contributed by atoms with van der Waals surface area (Å²) in [5.41, 5.74) is 3.96. The number of nitrogens with two attached hydrogens (primary N) is 1. The topological polar surface area (TPSA) is 94.5 Å². The maximum Gasteiger partial charge on any atom is 0.274 e. The number of amidine groups is 1. The van der Waals surface area contributed by atoms with E-state index >= 15 is 0 Å². The van der Waals surface area contributed by atoms with Crippen LogP contribution in [0.15, 0.2) is 59.9 Å². The highest BCUT2D eigenvalue weighted by Crippen LogP contribution is 2.40. The number of carbonyl (C=O) groups excluding carboxylic acids is 1. The van der Waals surface area contributed by atoms with Crippen LogP contribution >= 0.6 is 0 Å². The van der Waals surface area contributed by atoms with Gasteiger partial charge in [0.2, 0.25) is 0 Å². The smallest absolute Gasteiger partial charge is 0.274 e. The monoisotopic (exact) mass is 429 g/mol. The number of aliphatic imine (C=N–C) groups is 1. The van der Waals surface area contributed by atoms with Crippen molar-refractivity contribution in [2.24, 2.45) is 10.7 Å². The second kappa shape index (κ2) is 7.78. The molecule has 1 aliphatic heterocycles. The average molecular weight is 429 g/mol. The van der Waals surface area contributed by atoms with Gasteiger partial charge in [0.05, 0.1) is 25.5 Å². The van der Waals surface area contributed by atoms with Crippen molar-refractivity contribution in [2.45, 2.75) is 18.5 Å². The summed E-state index contributed by atoms with van der Waals surface area (Å²) in [4.78, 5) is 20.4. The van der Waals surface area contributed by atoms with Crippen LogP contribution in [-0.4, -0.2) is 34.8 Å². The number of fused-ring (bicyclic) bond motifs is 1. The molecule has 0 saturated carbocycles. The molecule has 160 valence electrons. The Morgan fingerprint density at radius 1 is 1.29 bits per heavy atom. The highest BCUT2D eigenvalue weighted by molar-refractivity contribution is 6.03. The summed E-state index contributed by atoms with van der Waals surface area (Å²) in [6, 6.07) is 9.71. The van der Waals surface area contributed by atoms with E-state index in [4.69, 9.17) is 10.5 Å². The fraction of sp³-hybridized carbons (Fsp3) is 0.190. The van der Waals surface area contributed by atoms with Gasteiger partial charge in [0.1, 0.15) is 23.1 Å². The molecule has 1 aliphatic rings. The number of alkyl halides is 2. The number of hydrogen-bond donors (Lipinski definition) is 2. The normalized spacial score (nSPS) is 17.8. The van der Waals surface area contributed by atoms with Crippen molar-refractivity contribution in [3.8, 4) is 5.75 Å². The predicted molar refractivity (Wildman–Crippen MR) is 108 cm³/mol. The highest BCUT2D eigenvalue weighted by Gasteiger charge is 2.47. The third-order valence-electron chi connectivity index (χ3n) is 5.08. The van der Waals surface area contributed by atoms with Crippen molar-refractivity contribution in [2.75, 3.05) is 12.4 Å². The Morgan fingerprint density at radius 2 is 2.10 bits per heavy atom. The molecule has 0 unspecified atom stereocenters. The molecule has 1 amide bonds. The number of carbonyl (C=O) groups is 1. The van der Waals surface area contributed by atoms with Gasteiger partial charge in [-0.1, -0.05) is 0 Å². The number of nitrogens with zero attached hydrogens (tertiary/aromatic N) is 3. The number of ether oxygens (including phenoxy) is 1. The molecule has 0 radical (unpaired) electrons. The third-order valence-corrected chi connectivity index (χ3v) is 5.08. The van der Waals surface area contributed by atoms with Crippen LogP contribution in [-0.2, 0) is 12.1 Å². The quantitative estimate of drug-likeness (QED) is 0.652. The zero-order valence-corrected chi connectivity index (χ0v) is 16.3. The minimum atomic E-state index is -3.05. The van der Waals surface area contributed by atoms with Crippen molar-refractivity contribution in [3.05, 3.63) is 77.6 Å². The number of pyridine rings is 1. The van der Waals surface area contributed by atoms with Crippen molar-refractivity contribution in [1.82, 2.24) is 9.55 Å². The average Bonchev–Trinajstić information content (AvgIpc) is 3.24. The lowest BCUT2D eigenvalue weighted by atomic mass is 9.88. The number of hydrogen-bond acceptors (Lipinski definition) is 5. The van der Waals surface area contributed by atoms with Crippen LogP contribution in [0.1, 0.15) is 21.7 Å². The van der Waals surface area contributed by atoms with E-state index in [9.17, 15) is 18.0 Å². The first-order valence-electron chi connectivity index (χ1n) is 9.24. The molecule has 31 heavy (non-hydrogen) atoms. The van der Waals surface area contributed by atoms with Gasteiger partial charge in [-0.2, -0.15) is 0 Å². The van der Waals surface area contributed by atoms with Crippen molar-refractivity contribution < 1.29 is 22.7 Å². The Kier molecular flexibility index (Phi) is 5.14. The molecule has 0 saturated heterocycles. The fourth-order valence-corrected chi connectivity index (χ4v) is 3.50. The van der Waals surface area contributed by atoms with Crippen LogP contribution in [0.2, 0.25) is 0 Å². The van der Waals surface area contributed by atoms with Gasteiger partial charge in [0.25, 0.3) is 12.3 Å². The number of benzene rings is 1. The van der Waals surface area contributed by atoms with E-state index in [1.54, 1.807) is 24.4 Å². The van der Waals surface area contributed by atoms with E-state index in [0.29, 0.717) is 11.4 Å². The van der Waals surface area contributed by atoms with Gasteiger partial charge in [0, 0.05) is 17.4 Å². The second-order valence-electron chi connectivity index (χ2n) is 6.98. The molecule has 2 aromatic heterocycles. The first-order chi connectivity index (χ1) is 14.8. The van der Waals surface area contributed by atoms with Crippen molar-refractivity contribution in [3.63, 3.8) is 0 Å². The van der Waals surface area contributed by atoms with Crippen LogP contribution < -0.4 is 15.8 Å². The molecule has 0 bridgehead atoms. The number of nitrogens with one attached hydrogen (secondary N) is 1. The Hall–Kier alpha value is -3.82. The van der Waals surface area contributed by atoms with E-state index < -0.39 is 23.7 Å². The minimum absolute atomic E-state index is 0.0761. The van der Waals surface area contributed by atoms with E-state index in [-0.39, 0.29) is 29.3 Å². The molecule has 0 aliphatic carbocycles.